The molecule has 27 heavy (non-hydrogen) atoms. The van der Waals surface area contributed by atoms with E-state index in [1.807, 2.05) is 52.0 Å². The highest BCUT2D eigenvalue weighted by Gasteiger charge is 2.46. The van der Waals surface area contributed by atoms with Crippen molar-refractivity contribution in [3.63, 3.8) is 0 Å². The topological polar surface area (TPSA) is 68.3 Å². The molecule has 1 N–H and O–H groups in total. The highest BCUT2D eigenvalue weighted by molar-refractivity contribution is 6.06. The highest BCUT2D eigenvalue weighted by atomic mass is 16.5. The highest BCUT2D eigenvalue weighted by Crippen LogP contribution is 2.41. The van der Waals surface area contributed by atoms with E-state index in [4.69, 9.17) is 4.74 Å². The van der Waals surface area contributed by atoms with Gasteiger partial charge in [-0.3, -0.25) is 19.9 Å². The molecule has 2 unspecified atom stereocenters. The number of rotatable bonds is 6. The fourth-order valence-electron chi connectivity index (χ4n) is 3.58. The van der Waals surface area contributed by atoms with Gasteiger partial charge in [-0.05, 0) is 37.8 Å². The first-order valence-electron chi connectivity index (χ1n) is 9.29. The molecule has 2 heterocycles. The summed E-state index contributed by atoms with van der Waals surface area (Å²) in [6, 6.07) is 12.1. The lowest BCUT2D eigenvalue weighted by Gasteiger charge is -2.28. The number of imide groups is 1. The van der Waals surface area contributed by atoms with E-state index in [9.17, 15) is 9.59 Å². The molecule has 0 bridgehead atoms. The molecule has 1 aliphatic heterocycles. The molecule has 0 aliphatic carbocycles. The van der Waals surface area contributed by atoms with E-state index in [0.29, 0.717) is 6.61 Å². The number of aromatic nitrogens is 1. The summed E-state index contributed by atoms with van der Waals surface area (Å²) in [5, 5.41) is 2.42. The van der Waals surface area contributed by atoms with E-state index in [2.05, 4.69) is 22.4 Å². The smallest absolute Gasteiger partial charge is 0.233 e. The lowest BCUT2D eigenvalue weighted by Crippen LogP contribution is -2.33. The number of carbonyl (C=O) groups is 2. The van der Waals surface area contributed by atoms with Crippen LogP contribution in [0.5, 0.6) is 5.75 Å². The summed E-state index contributed by atoms with van der Waals surface area (Å²) < 4.78 is 5.84. The van der Waals surface area contributed by atoms with Crippen LogP contribution in [0.3, 0.4) is 0 Å². The van der Waals surface area contributed by atoms with Crippen molar-refractivity contribution in [3.05, 3.63) is 58.9 Å². The van der Waals surface area contributed by atoms with Crippen LogP contribution in [-0.4, -0.2) is 23.4 Å². The van der Waals surface area contributed by atoms with Crippen molar-refractivity contribution in [1.29, 1.82) is 0 Å². The molecule has 0 saturated carbocycles. The Kier molecular flexibility index (Phi) is 5.31. The molecule has 142 valence electrons. The number of benzene rings is 1. The molecule has 5 nitrogen and oxygen atoms in total. The molecule has 2 amide bonds. The third-order valence-corrected chi connectivity index (χ3v) is 5.45. The molecule has 0 spiro atoms. The zero-order valence-electron chi connectivity index (χ0n) is 16.3. The zero-order chi connectivity index (χ0) is 19.6. The second-order valence-electron chi connectivity index (χ2n) is 7.62. The maximum absolute atomic E-state index is 12.2. The number of hydrogen-bond acceptors (Lipinski definition) is 4. The van der Waals surface area contributed by atoms with Gasteiger partial charge in [-0.2, -0.15) is 0 Å². The Balaban J connectivity index is 1.60. The van der Waals surface area contributed by atoms with Gasteiger partial charge >= 0.3 is 0 Å². The van der Waals surface area contributed by atoms with Gasteiger partial charge in [-0.25, -0.2) is 0 Å². The van der Waals surface area contributed by atoms with Crippen molar-refractivity contribution in [2.75, 3.05) is 6.61 Å². The van der Waals surface area contributed by atoms with E-state index < -0.39 is 5.41 Å². The monoisotopic (exact) mass is 366 g/mol. The summed E-state index contributed by atoms with van der Waals surface area (Å²) >= 11 is 0. The zero-order valence-corrected chi connectivity index (χ0v) is 16.3. The average molecular weight is 366 g/mol. The second-order valence-corrected chi connectivity index (χ2v) is 7.62. The molecule has 1 saturated heterocycles. The Labute approximate surface area is 160 Å². The Bertz CT molecular complexity index is 840. The van der Waals surface area contributed by atoms with Crippen LogP contribution < -0.4 is 10.1 Å². The molecular formula is C22H26N2O3. The van der Waals surface area contributed by atoms with Crippen LogP contribution in [0.15, 0.2) is 36.4 Å². The van der Waals surface area contributed by atoms with Crippen LogP contribution in [0.2, 0.25) is 0 Å². The normalized spacial score (nSPS) is 20.4. The fourth-order valence-corrected chi connectivity index (χ4v) is 3.58. The fraction of sp³-hybridized carbons (Fsp3) is 0.409. The minimum Gasteiger partial charge on any atom is -0.493 e. The summed E-state index contributed by atoms with van der Waals surface area (Å²) in [5.41, 5.74) is 3.45. The first-order valence-corrected chi connectivity index (χ1v) is 9.29. The third kappa shape index (κ3) is 4.18. The van der Waals surface area contributed by atoms with E-state index in [-0.39, 0.29) is 24.2 Å². The Morgan fingerprint density at radius 1 is 1.15 bits per heavy atom. The summed E-state index contributed by atoms with van der Waals surface area (Å²) in [5.74, 6) is 0.442. The summed E-state index contributed by atoms with van der Waals surface area (Å²) in [6.07, 6.45) is 1.04. The van der Waals surface area contributed by atoms with Gasteiger partial charge in [0.2, 0.25) is 11.8 Å². The van der Waals surface area contributed by atoms with Crippen LogP contribution >= 0.6 is 0 Å². The summed E-state index contributed by atoms with van der Waals surface area (Å²) in [4.78, 5) is 28.1. The maximum atomic E-state index is 12.2. The standard InChI is InChI=1S/C22H26N2O3/c1-14-11-19(12-15(2)23-14)27-10-9-17-5-7-18(8-6-17)16(3)22(4)13-20(25)24-21(22)26/h5-8,11-12,16H,9-10,13H2,1-4H3,(H,24,25,26). The number of hydrogen-bond donors (Lipinski definition) is 1. The molecule has 1 aromatic heterocycles. The number of carbonyl (C=O) groups excluding carboxylic acids is 2. The van der Waals surface area contributed by atoms with Crippen LogP contribution in [0.4, 0.5) is 0 Å². The molecular weight excluding hydrogens is 340 g/mol. The van der Waals surface area contributed by atoms with Crippen LogP contribution in [0.1, 0.15) is 48.7 Å². The average Bonchev–Trinajstić information content (AvgIpc) is 2.87. The second kappa shape index (κ2) is 7.51. The van der Waals surface area contributed by atoms with E-state index in [0.717, 1.165) is 29.1 Å². The van der Waals surface area contributed by atoms with Gasteiger partial charge in [0.25, 0.3) is 0 Å². The molecule has 1 aliphatic rings. The van der Waals surface area contributed by atoms with Crippen LogP contribution in [-0.2, 0) is 16.0 Å². The number of pyridine rings is 1. The van der Waals surface area contributed by atoms with Gasteiger partial charge in [0.05, 0.1) is 12.0 Å². The molecule has 3 rings (SSSR count). The van der Waals surface area contributed by atoms with Crippen molar-refractivity contribution >= 4 is 11.8 Å². The first-order chi connectivity index (χ1) is 12.8. The van der Waals surface area contributed by atoms with E-state index in [1.54, 1.807) is 0 Å². The van der Waals surface area contributed by atoms with E-state index >= 15 is 0 Å². The van der Waals surface area contributed by atoms with Gasteiger partial charge in [-0.1, -0.05) is 31.2 Å². The van der Waals surface area contributed by atoms with Gasteiger partial charge < -0.3 is 4.74 Å². The molecule has 5 heteroatoms. The maximum Gasteiger partial charge on any atom is 0.233 e. The quantitative estimate of drug-likeness (QED) is 0.795. The van der Waals surface area contributed by atoms with Gasteiger partial charge in [-0.15, -0.1) is 0 Å². The molecule has 2 aromatic rings. The predicted octanol–water partition coefficient (Wildman–Crippen LogP) is 3.48. The Morgan fingerprint density at radius 3 is 2.33 bits per heavy atom. The first kappa shape index (κ1) is 19.1. The summed E-state index contributed by atoms with van der Waals surface area (Å²) in [6.45, 7) is 8.37. The summed E-state index contributed by atoms with van der Waals surface area (Å²) in [7, 11) is 0. The van der Waals surface area contributed by atoms with Gasteiger partial charge in [0, 0.05) is 36.4 Å². The van der Waals surface area contributed by atoms with Crippen LogP contribution in [0.25, 0.3) is 0 Å². The number of nitrogens with zero attached hydrogens (tertiary/aromatic N) is 1. The Morgan fingerprint density at radius 2 is 1.78 bits per heavy atom. The lowest BCUT2D eigenvalue weighted by molar-refractivity contribution is -0.128. The van der Waals surface area contributed by atoms with Crippen molar-refractivity contribution in [2.45, 2.75) is 46.5 Å². The third-order valence-electron chi connectivity index (χ3n) is 5.45. The van der Waals surface area contributed by atoms with Crippen molar-refractivity contribution in [3.8, 4) is 5.75 Å². The number of nitrogens with one attached hydrogen (secondary N) is 1. The SMILES string of the molecule is Cc1cc(OCCc2ccc(C(C)C3(C)CC(=O)NC3=O)cc2)cc(C)n1. The lowest BCUT2D eigenvalue weighted by atomic mass is 9.73. The molecule has 1 aromatic carbocycles. The van der Waals surface area contributed by atoms with Crippen molar-refractivity contribution < 1.29 is 14.3 Å². The Hall–Kier alpha value is -2.69. The van der Waals surface area contributed by atoms with Crippen LogP contribution in [0, 0.1) is 19.3 Å². The minimum absolute atomic E-state index is 0.0305. The minimum atomic E-state index is -0.682. The number of aryl methyl sites for hydroxylation is 2. The van der Waals surface area contributed by atoms with Gasteiger partial charge in [0.15, 0.2) is 0 Å². The largest absolute Gasteiger partial charge is 0.493 e. The molecule has 1 fully saturated rings. The van der Waals surface area contributed by atoms with Crippen molar-refractivity contribution in [1.82, 2.24) is 10.3 Å². The van der Waals surface area contributed by atoms with Crippen molar-refractivity contribution in [2.24, 2.45) is 5.41 Å². The predicted molar refractivity (Wildman–Crippen MR) is 104 cm³/mol. The number of ether oxygens (including phenoxy) is 1. The van der Waals surface area contributed by atoms with Gasteiger partial charge in [0.1, 0.15) is 5.75 Å². The number of amides is 2. The molecule has 0 radical (unpaired) electrons. The van der Waals surface area contributed by atoms with E-state index in [1.165, 1.54) is 5.56 Å². The molecule has 2 atom stereocenters.